The molecule has 2 aliphatic heterocycles. The molecular formula is C10H8N6. The van der Waals surface area contributed by atoms with Crippen LogP contribution in [-0.4, -0.2) is 30.4 Å². The second kappa shape index (κ2) is 3.34. The van der Waals surface area contributed by atoms with Gasteiger partial charge in [-0.05, 0) is 24.3 Å². The van der Waals surface area contributed by atoms with Crippen molar-refractivity contribution in [3.05, 3.63) is 36.0 Å². The summed E-state index contributed by atoms with van der Waals surface area (Å²) in [6.45, 7) is 1.85. The molecular weight excluding hydrogens is 204 g/mol. The van der Waals surface area contributed by atoms with E-state index in [0.717, 1.165) is 11.4 Å². The topological polar surface area (TPSA) is 69.4 Å². The average molecular weight is 212 g/mol. The minimum atomic E-state index is 0.477. The second-order valence-corrected chi connectivity index (χ2v) is 3.37. The van der Waals surface area contributed by atoms with E-state index in [0.29, 0.717) is 11.5 Å². The highest BCUT2D eigenvalue weighted by atomic mass is 15.6. The molecule has 6 heteroatoms. The van der Waals surface area contributed by atoms with Crippen LogP contribution < -0.4 is 0 Å². The first kappa shape index (κ1) is 8.90. The molecule has 0 saturated carbocycles. The van der Waals surface area contributed by atoms with Gasteiger partial charge < -0.3 is 0 Å². The maximum atomic E-state index is 4.32. The van der Waals surface area contributed by atoms with Crippen LogP contribution in [0.25, 0.3) is 17.2 Å². The van der Waals surface area contributed by atoms with Crippen molar-refractivity contribution in [3.8, 4) is 17.2 Å². The van der Waals surface area contributed by atoms with Gasteiger partial charge in [0.15, 0.2) is 5.69 Å². The van der Waals surface area contributed by atoms with Crippen LogP contribution in [0.15, 0.2) is 30.3 Å². The lowest BCUT2D eigenvalue weighted by atomic mass is 10.3. The van der Waals surface area contributed by atoms with Gasteiger partial charge in [0.05, 0.1) is 11.4 Å². The molecule has 0 amide bonds. The smallest absolute Gasteiger partial charge is 0.151 e. The molecule has 6 nitrogen and oxygen atoms in total. The Hall–Kier alpha value is -2.37. The predicted molar refractivity (Wildman–Crippen MR) is 56.1 cm³/mol. The first-order valence-electron chi connectivity index (χ1n) is 4.83. The van der Waals surface area contributed by atoms with Crippen LogP contribution in [0.5, 0.6) is 0 Å². The molecule has 0 bridgehead atoms. The Bertz CT molecular complexity index is 588. The van der Waals surface area contributed by atoms with Crippen LogP contribution in [0, 0.1) is 6.92 Å². The van der Waals surface area contributed by atoms with Gasteiger partial charge in [-0.1, -0.05) is 18.2 Å². The molecule has 0 atom stereocenters. The van der Waals surface area contributed by atoms with E-state index < -0.39 is 0 Å². The van der Waals surface area contributed by atoms with Crippen molar-refractivity contribution in [2.75, 3.05) is 0 Å². The van der Waals surface area contributed by atoms with Crippen LogP contribution in [-0.2, 0) is 0 Å². The molecule has 2 heterocycles. The van der Waals surface area contributed by atoms with E-state index in [-0.39, 0.29) is 0 Å². The van der Waals surface area contributed by atoms with E-state index in [1.807, 2.05) is 37.3 Å². The number of aryl methyl sites for hydroxylation is 1. The van der Waals surface area contributed by atoms with Gasteiger partial charge in [-0.25, -0.2) is 0 Å². The summed E-state index contributed by atoms with van der Waals surface area (Å²) in [5.41, 5.74) is 2.30. The van der Waals surface area contributed by atoms with Gasteiger partial charge >= 0.3 is 0 Å². The minimum absolute atomic E-state index is 0.477. The molecule has 0 radical (unpaired) electrons. The molecule has 0 saturated heterocycles. The highest BCUT2D eigenvalue weighted by molar-refractivity contribution is 5.51. The summed E-state index contributed by atoms with van der Waals surface area (Å²) < 4.78 is 0. The van der Waals surface area contributed by atoms with Crippen molar-refractivity contribution in [1.82, 2.24) is 30.4 Å². The number of aromatic nitrogens is 6. The van der Waals surface area contributed by atoms with Gasteiger partial charge in [-0.15, -0.1) is 20.1 Å². The number of hydrogen-bond acceptors (Lipinski definition) is 5. The molecule has 0 N–H and O–H groups in total. The van der Waals surface area contributed by atoms with E-state index in [2.05, 4.69) is 25.6 Å². The van der Waals surface area contributed by atoms with E-state index in [1.54, 1.807) is 0 Å². The summed E-state index contributed by atoms with van der Waals surface area (Å²) >= 11 is 0. The fourth-order valence-electron chi connectivity index (χ4n) is 1.43. The highest BCUT2D eigenvalue weighted by Gasteiger charge is 2.15. The van der Waals surface area contributed by atoms with E-state index in [1.165, 1.54) is 4.80 Å². The predicted octanol–water partition coefficient (Wildman–Crippen LogP) is 0.866. The van der Waals surface area contributed by atoms with Crippen LogP contribution in [0.4, 0.5) is 0 Å². The fraction of sp³-hybridized carbons (Fsp3) is 0.100. The quantitative estimate of drug-likeness (QED) is 0.598. The molecule has 0 fully saturated rings. The zero-order chi connectivity index (χ0) is 11.0. The van der Waals surface area contributed by atoms with Gasteiger partial charge in [-0.2, -0.15) is 5.10 Å². The number of hydrogen-bond donors (Lipinski definition) is 0. The standard InChI is InChI=1S/C10H8N6/c1-7-9-10(12-11-7)13-15-16(14-9)8-5-3-2-4-6-8/h2-6H,1H3. The summed E-state index contributed by atoms with van der Waals surface area (Å²) in [6.07, 6.45) is 0. The Labute approximate surface area is 91.3 Å². The molecule has 0 spiro atoms. The monoisotopic (exact) mass is 212 g/mol. The second-order valence-electron chi connectivity index (χ2n) is 3.37. The van der Waals surface area contributed by atoms with Crippen LogP contribution >= 0.6 is 0 Å². The average Bonchev–Trinajstić information content (AvgIpc) is 2.72. The van der Waals surface area contributed by atoms with Gasteiger partial charge in [0.1, 0.15) is 0 Å². The zero-order valence-corrected chi connectivity index (χ0v) is 8.57. The van der Waals surface area contributed by atoms with Crippen molar-refractivity contribution in [2.24, 2.45) is 0 Å². The molecule has 2 aliphatic rings. The van der Waals surface area contributed by atoms with Gasteiger partial charge in [-0.3, -0.25) is 0 Å². The minimum Gasteiger partial charge on any atom is -0.151 e. The molecule has 0 aliphatic carbocycles. The number of rotatable bonds is 1. The lowest BCUT2D eigenvalue weighted by Crippen LogP contribution is -2.10. The fourth-order valence-corrected chi connectivity index (χ4v) is 1.43. The van der Waals surface area contributed by atoms with Crippen molar-refractivity contribution < 1.29 is 0 Å². The van der Waals surface area contributed by atoms with Crippen LogP contribution in [0.2, 0.25) is 0 Å². The maximum absolute atomic E-state index is 4.32. The molecule has 0 aromatic heterocycles. The zero-order valence-electron chi connectivity index (χ0n) is 8.57. The molecule has 0 unspecified atom stereocenters. The van der Waals surface area contributed by atoms with Crippen LogP contribution in [0.1, 0.15) is 5.69 Å². The highest BCUT2D eigenvalue weighted by Crippen LogP contribution is 2.15. The summed E-state index contributed by atoms with van der Waals surface area (Å²) in [6, 6.07) is 9.60. The lowest BCUT2D eigenvalue weighted by Gasteiger charge is -2.03. The Morgan fingerprint density at radius 2 is 1.81 bits per heavy atom. The molecule has 78 valence electrons. The third kappa shape index (κ3) is 1.31. The largest absolute Gasteiger partial charge is 0.227 e. The third-order valence-corrected chi connectivity index (χ3v) is 2.26. The van der Waals surface area contributed by atoms with E-state index in [9.17, 15) is 0 Å². The van der Waals surface area contributed by atoms with E-state index >= 15 is 0 Å². The Kier molecular flexibility index (Phi) is 1.86. The Morgan fingerprint density at radius 3 is 2.62 bits per heavy atom. The number of nitrogens with zero attached hydrogens (tertiary/aromatic N) is 6. The molecule has 3 rings (SSSR count). The van der Waals surface area contributed by atoms with Crippen molar-refractivity contribution >= 4 is 0 Å². The summed E-state index contributed by atoms with van der Waals surface area (Å²) in [5.74, 6) is 0.477. The van der Waals surface area contributed by atoms with Crippen molar-refractivity contribution in [2.45, 2.75) is 6.92 Å². The number of fused-ring (bicyclic) bond motifs is 1. The van der Waals surface area contributed by atoms with Gasteiger partial charge in [0, 0.05) is 0 Å². The first-order valence-corrected chi connectivity index (χ1v) is 4.83. The summed E-state index contributed by atoms with van der Waals surface area (Å²) in [5, 5.41) is 20.0. The molecule has 1 aromatic rings. The van der Waals surface area contributed by atoms with Crippen molar-refractivity contribution in [1.29, 1.82) is 0 Å². The number of benzene rings is 1. The van der Waals surface area contributed by atoms with Crippen LogP contribution in [0.3, 0.4) is 0 Å². The molecule has 1 aromatic carbocycles. The first-order chi connectivity index (χ1) is 7.84. The van der Waals surface area contributed by atoms with E-state index in [4.69, 9.17) is 0 Å². The van der Waals surface area contributed by atoms with Gasteiger partial charge in [0.25, 0.3) is 0 Å². The third-order valence-electron chi connectivity index (χ3n) is 2.26. The maximum Gasteiger partial charge on any atom is 0.227 e. The summed E-state index contributed by atoms with van der Waals surface area (Å²) in [4.78, 5) is 1.47. The normalized spacial score (nSPS) is 10.8. The van der Waals surface area contributed by atoms with Gasteiger partial charge in [0.2, 0.25) is 5.82 Å². The lowest BCUT2D eigenvalue weighted by molar-refractivity contribution is 0.636. The summed E-state index contributed by atoms with van der Waals surface area (Å²) in [7, 11) is 0. The molecule has 16 heavy (non-hydrogen) atoms. The van der Waals surface area contributed by atoms with Crippen molar-refractivity contribution in [3.63, 3.8) is 0 Å². The number of para-hydroxylation sites is 1. The Morgan fingerprint density at radius 1 is 1.00 bits per heavy atom. The SMILES string of the molecule is Cc1nnc2nnn(-c3ccccc3)nc1-2. The Balaban J connectivity index is 2.19.